The number of thiocarbonyl (C=S) groups is 1. The van der Waals surface area contributed by atoms with E-state index in [0.717, 1.165) is 0 Å². The monoisotopic (exact) mass is 369 g/mol. The van der Waals surface area contributed by atoms with Crippen LogP contribution in [0.1, 0.15) is 10.4 Å². The Balaban J connectivity index is 2.05. The van der Waals surface area contributed by atoms with E-state index in [4.69, 9.17) is 35.4 Å². The van der Waals surface area contributed by atoms with Crippen LogP contribution in [0.3, 0.4) is 0 Å². The molecule has 6 nitrogen and oxygen atoms in total. The summed E-state index contributed by atoms with van der Waals surface area (Å²) in [5.74, 6) is -0.442. The highest BCUT2D eigenvalue weighted by atomic mass is 35.5. The van der Waals surface area contributed by atoms with Gasteiger partial charge in [0.2, 0.25) is 0 Å². The molecule has 0 bridgehead atoms. The SMILES string of the molecule is O=C(NC(=S)Nc1ccc([N+](=O)[O-])cc1Cl)c1cccc(Cl)c1. The number of nitrogens with zero attached hydrogens (tertiary/aromatic N) is 1. The smallest absolute Gasteiger partial charge is 0.271 e. The van der Waals surface area contributed by atoms with Gasteiger partial charge >= 0.3 is 0 Å². The number of rotatable bonds is 3. The van der Waals surface area contributed by atoms with E-state index in [1.54, 1.807) is 18.2 Å². The van der Waals surface area contributed by atoms with Crippen LogP contribution in [0.5, 0.6) is 0 Å². The second-order valence-corrected chi connectivity index (χ2v) is 5.59. The molecule has 23 heavy (non-hydrogen) atoms. The fourth-order valence-corrected chi connectivity index (χ4v) is 2.29. The van der Waals surface area contributed by atoms with Gasteiger partial charge in [-0.1, -0.05) is 29.3 Å². The molecule has 1 amide bonds. The number of hydrogen-bond donors (Lipinski definition) is 2. The van der Waals surface area contributed by atoms with Crippen LogP contribution in [-0.2, 0) is 0 Å². The molecule has 0 heterocycles. The zero-order valence-electron chi connectivity index (χ0n) is 11.4. The number of amides is 1. The molecule has 0 unspecified atom stereocenters. The van der Waals surface area contributed by atoms with Crippen LogP contribution in [0.25, 0.3) is 0 Å². The zero-order valence-corrected chi connectivity index (χ0v) is 13.7. The highest BCUT2D eigenvalue weighted by molar-refractivity contribution is 7.80. The molecule has 0 aliphatic carbocycles. The normalized spacial score (nSPS) is 10.0. The van der Waals surface area contributed by atoms with Crippen LogP contribution >= 0.6 is 35.4 Å². The standard InChI is InChI=1S/C14H9Cl2N3O3S/c15-9-3-1-2-8(6-9)13(20)18-14(23)17-12-5-4-10(19(21)22)7-11(12)16/h1-7H,(H2,17,18,20,23). The molecule has 0 aliphatic heterocycles. The summed E-state index contributed by atoms with van der Waals surface area (Å²) in [7, 11) is 0. The van der Waals surface area contributed by atoms with Crippen molar-refractivity contribution >= 4 is 57.8 Å². The lowest BCUT2D eigenvalue weighted by molar-refractivity contribution is -0.384. The summed E-state index contributed by atoms with van der Waals surface area (Å²) in [6.45, 7) is 0. The Kier molecular flexibility index (Phi) is 5.49. The quantitative estimate of drug-likeness (QED) is 0.484. The van der Waals surface area contributed by atoms with Crippen LogP contribution in [0, 0.1) is 10.1 Å². The van der Waals surface area contributed by atoms with Gasteiger partial charge in [-0.15, -0.1) is 0 Å². The van der Waals surface area contributed by atoms with E-state index in [1.807, 2.05) is 0 Å². The number of non-ortho nitro benzene ring substituents is 1. The van der Waals surface area contributed by atoms with Crippen LogP contribution in [0.15, 0.2) is 42.5 Å². The molecule has 2 N–H and O–H groups in total. The second kappa shape index (κ2) is 7.36. The maximum atomic E-state index is 12.0. The first-order valence-corrected chi connectivity index (χ1v) is 7.35. The Hall–Kier alpha value is -2.22. The van der Waals surface area contributed by atoms with Gasteiger partial charge in [-0.3, -0.25) is 20.2 Å². The third-order valence-corrected chi connectivity index (χ3v) is 3.48. The summed E-state index contributed by atoms with van der Waals surface area (Å²) < 4.78 is 0. The molecule has 0 aromatic heterocycles. The number of nitro benzene ring substituents is 1. The molecule has 2 aromatic carbocycles. The maximum Gasteiger partial charge on any atom is 0.271 e. The van der Waals surface area contributed by atoms with Crippen LogP contribution in [0.2, 0.25) is 10.0 Å². The van der Waals surface area contributed by atoms with Crippen molar-refractivity contribution in [3.05, 3.63) is 68.2 Å². The van der Waals surface area contributed by atoms with Gasteiger partial charge in [-0.05, 0) is 36.5 Å². The van der Waals surface area contributed by atoms with Crippen LogP contribution in [-0.4, -0.2) is 15.9 Å². The van der Waals surface area contributed by atoms with Gasteiger partial charge < -0.3 is 5.32 Å². The van der Waals surface area contributed by atoms with Crippen LogP contribution < -0.4 is 10.6 Å². The minimum absolute atomic E-state index is 0.00530. The van der Waals surface area contributed by atoms with Crippen molar-refractivity contribution in [2.24, 2.45) is 0 Å². The van der Waals surface area contributed by atoms with Crippen molar-refractivity contribution in [2.45, 2.75) is 0 Å². The minimum Gasteiger partial charge on any atom is -0.331 e. The zero-order chi connectivity index (χ0) is 17.0. The third-order valence-electron chi connectivity index (χ3n) is 2.73. The Morgan fingerprint density at radius 1 is 1.17 bits per heavy atom. The summed E-state index contributed by atoms with van der Waals surface area (Å²) >= 11 is 16.8. The molecular formula is C14H9Cl2N3O3S. The lowest BCUT2D eigenvalue weighted by Gasteiger charge is -2.11. The average Bonchev–Trinajstić information content (AvgIpc) is 2.49. The predicted molar refractivity (Wildman–Crippen MR) is 93.2 cm³/mol. The lowest BCUT2D eigenvalue weighted by atomic mass is 10.2. The minimum atomic E-state index is -0.561. The summed E-state index contributed by atoms with van der Waals surface area (Å²) in [6.07, 6.45) is 0. The van der Waals surface area contributed by atoms with E-state index in [2.05, 4.69) is 10.6 Å². The van der Waals surface area contributed by atoms with Gasteiger partial charge in [-0.2, -0.15) is 0 Å². The van der Waals surface area contributed by atoms with Crippen molar-refractivity contribution < 1.29 is 9.72 Å². The van der Waals surface area contributed by atoms with E-state index < -0.39 is 10.8 Å². The van der Waals surface area contributed by atoms with Gasteiger partial charge in [0, 0.05) is 22.7 Å². The van der Waals surface area contributed by atoms with Gasteiger partial charge in [-0.25, -0.2) is 0 Å². The third kappa shape index (κ3) is 4.62. The molecule has 0 atom stereocenters. The van der Waals surface area contributed by atoms with E-state index in [0.29, 0.717) is 16.3 Å². The molecule has 2 aromatic rings. The van der Waals surface area contributed by atoms with E-state index >= 15 is 0 Å². The number of carbonyl (C=O) groups excluding carboxylic acids is 1. The molecule has 9 heteroatoms. The fraction of sp³-hybridized carbons (Fsp3) is 0. The highest BCUT2D eigenvalue weighted by Crippen LogP contribution is 2.26. The molecule has 0 spiro atoms. The summed E-state index contributed by atoms with van der Waals surface area (Å²) in [6, 6.07) is 10.2. The first-order valence-electron chi connectivity index (χ1n) is 6.18. The number of hydrogen-bond acceptors (Lipinski definition) is 4. The highest BCUT2D eigenvalue weighted by Gasteiger charge is 2.12. The number of nitro groups is 1. The van der Waals surface area contributed by atoms with E-state index in [9.17, 15) is 14.9 Å². The second-order valence-electron chi connectivity index (χ2n) is 4.34. The molecular weight excluding hydrogens is 361 g/mol. The fourth-order valence-electron chi connectivity index (χ4n) is 1.68. The summed E-state index contributed by atoms with van der Waals surface area (Å²) in [5.41, 5.74) is 0.541. The van der Waals surface area contributed by atoms with Crippen molar-refractivity contribution in [1.29, 1.82) is 0 Å². The van der Waals surface area contributed by atoms with Crippen molar-refractivity contribution in [2.75, 3.05) is 5.32 Å². The number of nitrogens with one attached hydrogen (secondary N) is 2. The van der Waals surface area contributed by atoms with Gasteiger partial charge in [0.15, 0.2) is 5.11 Å². The van der Waals surface area contributed by atoms with Gasteiger partial charge in [0.25, 0.3) is 11.6 Å². The van der Waals surface area contributed by atoms with Crippen LogP contribution in [0.4, 0.5) is 11.4 Å². The lowest BCUT2D eigenvalue weighted by Crippen LogP contribution is -2.34. The Bertz CT molecular complexity index is 799. The maximum absolute atomic E-state index is 12.0. The molecule has 0 radical (unpaired) electrons. The van der Waals surface area contributed by atoms with Crippen molar-refractivity contribution in [1.82, 2.24) is 5.32 Å². The molecule has 118 valence electrons. The summed E-state index contributed by atoms with van der Waals surface area (Å²) in [4.78, 5) is 22.1. The van der Waals surface area contributed by atoms with Crippen molar-refractivity contribution in [3.63, 3.8) is 0 Å². The molecule has 2 rings (SSSR count). The average molecular weight is 370 g/mol. The largest absolute Gasteiger partial charge is 0.331 e. The van der Waals surface area contributed by atoms with E-state index in [1.165, 1.54) is 24.3 Å². The first-order chi connectivity index (χ1) is 10.9. The molecule has 0 saturated carbocycles. The van der Waals surface area contributed by atoms with Gasteiger partial charge in [0.05, 0.1) is 15.6 Å². The first kappa shape index (κ1) is 17.1. The molecule has 0 fully saturated rings. The Morgan fingerprint density at radius 2 is 1.91 bits per heavy atom. The number of carbonyl (C=O) groups is 1. The Labute approximate surface area is 146 Å². The Morgan fingerprint density at radius 3 is 2.52 bits per heavy atom. The van der Waals surface area contributed by atoms with Gasteiger partial charge in [0.1, 0.15) is 0 Å². The number of benzene rings is 2. The molecule has 0 aliphatic rings. The number of anilines is 1. The predicted octanol–water partition coefficient (Wildman–Crippen LogP) is 4.03. The summed E-state index contributed by atoms with van der Waals surface area (Å²) in [5, 5.41) is 16.4. The molecule has 0 saturated heterocycles. The number of halogens is 2. The van der Waals surface area contributed by atoms with Crippen molar-refractivity contribution in [3.8, 4) is 0 Å². The van der Waals surface area contributed by atoms with E-state index in [-0.39, 0.29) is 15.8 Å². The topological polar surface area (TPSA) is 84.3 Å².